The highest BCUT2D eigenvalue weighted by Crippen LogP contribution is 2.29. The Morgan fingerprint density at radius 1 is 0.522 bits per heavy atom. The summed E-state index contributed by atoms with van der Waals surface area (Å²) in [5, 5.41) is 27.0. The molecule has 3 aromatic rings. The minimum atomic E-state index is 0.269. The van der Waals surface area contributed by atoms with Crippen LogP contribution in [-0.2, 0) is 0 Å². The van der Waals surface area contributed by atoms with Crippen molar-refractivity contribution in [2.45, 2.75) is 14.7 Å². The Kier molecular flexibility index (Phi) is 6.26. The van der Waals surface area contributed by atoms with Crippen LogP contribution < -0.4 is 0 Å². The topological polar surface area (TPSA) is 60.7 Å². The smallest absolute Gasteiger partial charge is 0.115 e. The van der Waals surface area contributed by atoms with Crippen LogP contribution in [0.1, 0.15) is 0 Å². The molecule has 3 aromatic carbocycles. The van der Waals surface area contributed by atoms with E-state index in [2.05, 4.69) is 12.6 Å². The van der Waals surface area contributed by atoms with Gasteiger partial charge in [0.1, 0.15) is 17.2 Å². The van der Waals surface area contributed by atoms with Crippen molar-refractivity contribution in [2.24, 2.45) is 0 Å². The van der Waals surface area contributed by atoms with Gasteiger partial charge in [0.2, 0.25) is 0 Å². The van der Waals surface area contributed by atoms with Gasteiger partial charge in [-0.3, -0.25) is 0 Å². The molecule has 23 heavy (non-hydrogen) atoms. The summed E-state index contributed by atoms with van der Waals surface area (Å²) in [6.07, 6.45) is 0. The first-order valence-electron chi connectivity index (χ1n) is 6.77. The number of benzene rings is 3. The standard InChI is InChI=1S/C12H10O2S.C6H6OS/c13-9-1-5-11(6-2-9)15-12-7-3-10(14)4-8-12;7-5-1-3-6(8)4-2-5/h1-8,13-14H;1-4,7-8H. The molecule has 5 heteroatoms. The highest BCUT2D eigenvalue weighted by Gasteiger charge is 1.97. The van der Waals surface area contributed by atoms with E-state index in [1.54, 1.807) is 60.3 Å². The van der Waals surface area contributed by atoms with Gasteiger partial charge >= 0.3 is 0 Å². The Morgan fingerprint density at radius 3 is 1.13 bits per heavy atom. The second-order valence-electron chi connectivity index (χ2n) is 4.61. The highest BCUT2D eigenvalue weighted by molar-refractivity contribution is 7.99. The molecular weight excluding hydrogens is 328 g/mol. The summed E-state index contributed by atoms with van der Waals surface area (Å²) < 4.78 is 0. The summed E-state index contributed by atoms with van der Waals surface area (Å²) in [4.78, 5) is 2.97. The largest absolute Gasteiger partial charge is 0.508 e. The van der Waals surface area contributed by atoms with Crippen LogP contribution in [0.2, 0.25) is 0 Å². The number of aromatic hydroxyl groups is 3. The third-order valence-electron chi connectivity index (χ3n) is 2.76. The monoisotopic (exact) mass is 344 g/mol. The molecule has 0 unspecified atom stereocenters. The minimum absolute atomic E-state index is 0.269. The first-order chi connectivity index (χ1) is 11.0. The molecule has 3 nitrogen and oxygen atoms in total. The summed E-state index contributed by atoms with van der Waals surface area (Å²) in [7, 11) is 0. The van der Waals surface area contributed by atoms with E-state index in [4.69, 9.17) is 15.3 Å². The molecular formula is C18H16O3S2. The fourth-order valence-corrected chi connectivity index (χ4v) is 2.58. The van der Waals surface area contributed by atoms with Crippen molar-refractivity contribution in [1.82, 2.24) is 0 Å². The predicted molar refractivity (Wildman–Crippen MR) is 95.7 cm³/mol. The number of rotatable bonds is 2. The van der Waals surface area contributed by atoms with Crippen LogP contribution in [0.5, 0.6) is 17.2 Å². The van der Waals surface area contributed by atoms with Crippen molar-refractivity contribution >= 4 is 24.4 Å². The normalized spacial score (nSPS) is 9.78. The lowest BCUT2D eigenvalue weighted by atomic mass is 10.3. The second kappa shape index (κ2) is 8.41. The van der Waals surface area contributed by atoms with Crippen molar-refractivity contribution in [3.63, 3.8) is 0 Å². The minimum Gasteiger partial charge on any atom is -0.508 e. The first-order valence-corrected chi connectivity index (χ1v) is 8.03. The zero-order chi connectivity index (χ0) is 16.7. The maximum absolute atomic E-state index is 9.12. The van der Waals surface area contributed by atoms with Crippen LogP contribution in [0, 0.1) is 0 Å². The van der Waals surface area contributed by atoms with Crippen LogP contribution in [0.15, 0.2) is 87.5 Å². The Balaban J connectivity index is 0.000000203. The quantitative estimate of drug-likeness (QED) is 0.498. The van der Waals surface area contributed by atoms with Crippen LogP contribution >= 0.6 is 24.4 Å². The van der Waals surface area contributed by atoms with Crippen LogP contribution in [0.4, 0.5) is 0 Å². The Bertz CT molecular complexity index is 659. The predicted octanol–water partition coefficient (Wildman–Crippen LogP) is 4.93. The average molecular weight is 344 g/mol. The average Bonchev–Trinajstić information content (AvgIpc) is 2.55. The molecule has 3 N–H and O–H groups in total. The van der Waals surface area contributed by atoms with E-state index < -0.39 is 0 Å². The fourth-order valence-electron chi connectivity index (χ4n) is 1.62. The van der Waals surface area contributed by atoms with E-state index in [-0.39, 0.29) is 17.2 Å². The molecule has 0 fully saturated rings. The molecule has 0 saturated carbocycles. The van der Waals surface area contributed by atoms with Crippen LogP contribution in [0.3, 0.4) is 0 Å². The van der Waals surface area contributed by atoms with E-state index in [0.717, 1.165) is 14.7 Å². The van der Waals surface area contributed by atoms with Gasteiger partial charge in [0.15, 0.2) is 0 Å². The molecule has 3 rings (SSSR count). The summed E-state index contributed by atoms with van der Waals surface area (Å²) >= 11 is 5.60. The maximum atomic E-state index is 9.12. The number of hydrogen-bond acceptors (Lipinski definition) is 5. The molecule has 0 radical (unpaired) electrons. The van der Waals surface area contributed by atoms with E-state index in [1.807, 2.05) is 24.3 Å². The zero-order valence-corrected chi connectivity index (χ0v) is 13.8. The van der Waals surface area contributed by atoms with Gasteiger partial charge in [0.05, 0.1) is 0 Å². The third-order valence-corrected chi connectivity index (χ3v) is 4.07. The van der Waals surface area contributed by atoms with Gasteiger partial charge in [0.25, 0.3) is 0 Å². The van der Waals surface area contributed by atoms with Crippen molar-refractivity contribution < 1.29 is 15.3 Å². The van der Waals surface area contributed by atoms with Gasteiger partial charge in [-0.1, -0.05) is 11.8 Å². The van der Waals surface area contributed by atoms with E-state index in [0.29, 0.717) is 0 Å². The van der Waals surface area contributed by atoms with Gasteiger partial charge in [-0.2, -0.15) is 0 Å². The molecule has 0 aliphatic heterocycles. The molecule has 0 bridgehead atoms. The molecule has 0 aromatic heterocycles. The lowest BCUT2D eigenvalue weighted by molar-refractivity contribution is 0.474. The van der Waals surface area contributed by atoms with Crippen molar-refractivity contribution in [2.75, 3.05) is 0 Å². The van der Waals surface area contributed by atoms with Gasteiger partial charge in [-0.15, -0.1) is 12.6 Å². The zero-order valence-electron chi connectivity index (χ0n) is 12.1. The van der Waals surface area contributed by atoms with Gasteiger partial charge < -0.3 is 15.3 Å². The van der Waals surface area contributed by atoms with Crippen LogP contribution in [0.25, 0.3) is 0 Å². The van der Waals surface area contributed by atoms with E-state index >= 15 is 0 Å². The Morgan fingerprint density at radius 2 is 0.826 bits per heavy atom. The highest BCUT2D eigenvalue weighted by atomic mass is 32.2. The van der Waals surface area contributed by atoms with Gasteiger partial charge in [-0.25, -0.2) is 0 Å². The van der Waals surface area contributed by atoms with Crippen molar-refractivity contribution in [1.29, 1.82) is 0 Å². The second-order valence-corrected chi connectivity index (χ2v) is 6.27. The SMILES string of the molecule is Oc1ccc(S)cc1.Oc1ccc(Sc2ccc(O)cc2)cc1. The maximum Gasteiger partial charge on any atom is 0.115 e. The third kappa shape index (κ3) is 6.18. The number of phenolic OH excluding ortho intramolecular Hbond substituents is 3. The molecule has 0 spiro atoms. The number of phenols is 3. The summed E-state index contributed by atoms with van der Waals surface area (Å²) in [5.41, 5.74) is 0. The molecule has 0 saturated heterocycles. The molecule has 0 aliphatic carbocycles. The summed E-state index contributed by atoms with van der Waals surface area (Å²) in [6.45, 7) is 0. The molecule has 0 atom stereocenters. The number of hydrogen-bond donors (Lipinski definition) is 4. The van der Waals surface area contributed by atoms with Gasteiger partial charge in [0, 0.05) is 14.7 Å². The molecule has 0 amide bonds. The van der Waals surface area contributed by atoms with Gasteiger partial charge in [-0.05, 0) is 72.8 Å². The summed E-state index contributed by atoms with van der Waals surface area (Å²) in [6, 6.07) is 20.7. The van der Waals surface area contributed by atoms with E-state index in [1.165, 1.54) is 0 Å². The molecule has 0 aliphatic rings. The Hall–Kier alpha value is -2.24. The van der Waals surface area contributed by atoms with Crippen molar-refractivity contribution in [3.05, 3.63) is 72.8 Å². The lowest BCUT2D eigenvalue weighted by Gasteiger charge is -2.01. The lowest BCUT2D eigenvalue weighted by Crippen LogP contribution is -1.73. The molecule has 0 heterocycles. The summed E-state index contributed by atoms with van der Waals surface area (Å²) in [5.74, 6) is 0.818. The number of thiol groups is 1. The molecule has 118 valence electrons. The van der Waals surface area contributed by atoms with Crippen LogP contribution in [-0.4, -0.2) is 15.3 Å². The van der Waals surface area contributed by atoms with Crippen molar-refractivity contribution in [3.8, 4) is 17.2 Å². The first kappa shape index (κ1) is 17.1. The van der Waals surface area contributed by atoms with E-state index in [9.17, 15) is 0 Å². The Labute approximate surface area is 144 Å². The fraction of sp³-hybridized carbons (Fsp3) is 0.